The van der Waals surface area contributed by atoms with E-state index in [4.69, 9.17) is 4.74 Å². The third-order valence-electron chi connectivity index (χ3n) is 8.68. The van der Waals surface area contributed by atoms with Crippen LogP contribution in [0, 0.1) is 11.6 Å². The van der Waals surface area contributed by atoms with Crippen molar-refractivity contribution >= 4 is 18.0 Å². The maximum Gasteiger partial charge on any atom is 0.410 e. The van der Waals surface area contributed by atoms with Crippen molar-refractivity contribution in [1.29, 1.82) is 0 Å². The first kappa shape index (κ1) is 30.0. The lowest BCUT2D eigenvalue weighted by Crippen LogP contribution is -2.46. The minimum Gasteiger partial charge on any atom is -0.478 e. The summed E-state index contributed by atoms with van der Waals surface area (Å²) in [5.74, 6) is -3.20. The zero-order valence-corrected chi connectivity index (χ0v) is 24.5. The number of hydrogen-bond acceptors (Lipinski definition) is 4. The first-order chi connectivity index (χ1) is 21.8. The Morgan fingerprint density at radius 3 is 2.29 bits per heavy atom. The van der Waals surface area contributed by atoms with Crippen LogP contribution in [-0.2, 0) is 16.1 Å². The summed E-state index contributed by atoms with van der Waals surface area (Å²) in [6, 6.07) is 25.7. The molecule has 0 bridgehead atoms. The van der Waals surface area contributed by atoms with Crippen molar-refractivity contribution in [1.82, 2.24) is 9.80 Å². The summed E-state index contributed by atoms with van der Waals surface area (Å²) in [5.41, 5.74) is 5.27. The van der Waals surface area contributed by atoms with Crippen LogP contribution in [0.3, 0.4) is 0 Å². The lowest BCUT2D eigenvalue weighted by molar-refractivity contribution is -0.133. The molecule has 230 valence electrons. The highest BCUT2D eigenvalue weighted by Crippen LogP contribution is 2.44. The molecule has 1 saturated heterocycles. The fraction of sp³-hybridized carbons (Fsp3) is 0.250. The summed E-state index contributed by atoms with van der Waals surface area (Å²) in [7, 11) is 0. The molecular formula is C36H32F2N2O5. The molecule has 45 heavy (non-hydrogen) atoms. The average Bonchev–Trinajstić information content (AvgIpc) is 3.38. The van der Waals surface area contributed by atoms with Crippen LogP contribution in [-0.4, -0.2) is 59.1 Å². The van der Waals surface area contributed by atoms with Crippen LogP contribution >= 0.6 is 0 Å². The number of piperidine rings is 1. The summed E-state index contributed by atoms with van der Waals surface area (Å²) >= 11 is 0. The summed E-state index contributed by atoms with van der Waals surface area (Å²) < 4.78 is 34.2. The number of carboxylic acids is 1. The molecule has 2 amide bonds. The number of fused-ring (bicyclic) bond motifs is 3. The monoisotopic (exact) mass is 610 g/mol. The summed E-state index contributed by atoms with van der Waals surface area (Å²) in [5, 5.41) is 9.40. The first-order valence-corrected chi connectivity index (χ1v) is 14.9. The molecule has 1 atom stereocenters. The number of likely N-dealkylation sites (tertiary alicyclic amines) is 1. The second-order valence-electron chi connectivity index (χ2n) is 11.5. The van der Waals surface area contributed by atoms with Gasteiger partial charge in [0.25, 0.3) is 0 Å². The van der Waals surface area contributed by atoms with Gasteiger partial charge >= 0.3 is 12.1 Å². The SMILES string of the molecule is O=C(O)c1cccc(C2CCCN(C(=O)CN(Cc3ccc(F)cc3F)C(=O)OCC3c4ccccc4-c4ccccc43)C2)c1. The van der Waals surface area contributed by atoms with Gasteiger partial charge in [0.15, 0.2) is 0 Å². The van der Waals surface area contributed by atoms with E-state index in [1.54, 1.807) is 17.0 Å². The van der Waals surface area contributed by atoms with Crippen molar-refractivity contribution in [3.8, 4) is 11.1 Å². The van der Waals surface area contributed by atoms with Crippen LogP contribution in [0.15, 0.2) is 91.0 Å². The van der Waals surface area contributed by atoms with Gasteiger partial charge in [-0.1, -0.05) is 66.7 Å². The van der Waals surface area contributed by atoms with Crippen LogP contribution < -0.4 is 0 Å². The number of rotatable bonds is 8. The van der Waals surface area contributed by atoms with Crippen LogP contribution in [0.4, 0.5) is 13.6 Å². The van der Waals surface area contributed by atoms with E-state index in [1.165, 1.54) is 12.1 Å². The fourth-order valence-corrected chi connectivity index (χ4v) is 6.39. The zero-order valence-electron chi connectivity index (χ0n) is 24.5. The molecule has 9 heteroatoms. The van der Waals surface area contributed by atoms with Gasteiger partial charge in [-0.25, -0.2) is 18.4 Å². The molecule has 1 heterocycles. The molecule has 1 fully saturated rings. The number of carbonyl (C=O) groups excluding carboxylic acids is 2. The Kier molecular flexibility index (Phi) is 8.60. The van der Waals surface area contributed by atoms with Gasteiger partial charge in [-0.05, 0) is 58.9 Å². The zero-order chi connectivity index (χ0) is 31.5. The highest BCUT2D eigenvalue weighted by molar-refractivity contribution is 5.88. The third-order valence-corrected chi connectivity index (χ3v) is 8.68. The Balaban J connectivity index is 1.19. The molecular weight excluding hydrogens is 578 g/mol. The number of aromatic carboxylic acids is 1. The molecule has 4 aromatic rings. The molecule has 0 saturated carbocycles. The molecule has 4 aromatic carbocycles. The normalized spacial score (nSPS) is 15.7. The maximum absolute atomic E-state index is 14.7. The van der Waals surface area contributed by atoms with Crippen molar-refractivity contribution in [2.75, 3.05) is 26.2 Å². The highest BCUT2D eigenvalue weighted by Gasteiger charge is 2.32. The maximum atomic E-state index is 14.7. The molecule has 0 aromatic heterocycles. The van der Waals surface area contributed by atoms with E-state index in [2.05, 4.69) is 0 Å². The second-order valence-corrected chi connectivity index (χ2v) is 11.5. The molecule has 2 aliphatic rings. The Morgan fingerprint density at radius 2 is 1.60 bits per heavy atom. The van der Waals surface area contributed by atoms with E-state index < -0.39 is 23.7 Å². The van der Waals surface area contributed by atoms with Gasteiger partial charge in [0.2, 0.25) is 5.91 Å². The van der Waals surface area contributed by atoms with Crippen molar-refractivity contribution < 1.29 is 33.0 Å². The number of hydrogen-bond donors (Lipinski definition) is 1. The lowest BCUT2D eigenvalue weighted by Gasteiger charge is -2.34. The lowest BCUT2D eigenvalue weighted by atomic mass is 9.89. The van der Waals surface area contributed by atoms with Crippen molar-refractivity contribution in [2.24, 2.45) is 0 Å². The Bertz CT molecular complexity index is 1710. The molecule has 1 aliphatic carbocycles. The minimum absolute atomic E-state index is 0.0230. The molecule has 6 rings (SSSR count). The summed E-state index contributed by atoms with van der Waals surface area (Å²) in [6.45, 7) is 0.194. The quantitative estimate of drug-likeness (QED) is 0.237. The third kappa shape index (κ3) is 6.43. The number of benzene rings is 4. The second kappa shape index (κ2) is 12.9. The smallest absolute Gasteiger partial charge is 0.410 e. The summed E-state index contributed by atoms with van der Waals surface area (Å²) in [6.07, 6.45) is 0.700. The Hall–Kier alpha value is -5.05. The number of nitrogens with zero attached hydrogens (tertiary/aromatic N) is 2. The summed E-state index contributed by atoms with van der Waals surface area (Å²) in [4.78, 5) is 41.5. The van der Waals surface area contributed by atoms with Gasteiger partial charge in [0.05, 0.1) is 12.1 Å². The highest BCUT2D eigenvalue weighted by atomic mass is 19.1. The van der Waals surface area contributed by atoms with Crippen LogP contribution in [0.5, 0.6) is 0 Å². The number of ether oxygens (including phenoxy) is 1. The van der Waals surface area contributed by atoms with Crippen molar-refractivity contribution in [2.45, 2.75) is 31.2 Å². The van der Waals surface area contributed by atoms with E-state index in [-0.39, 0.29) is 48.6 Å². The first-order valence-electron chi connectivity index (χ1n) is 14.9. The van der Waals surface area contributed by atoms with Crippen LogP contribution in [0.25, 0.3) is 11.1 Å². The number of halogens is 2. The predicted molar refractivity (Wildman–Crippen MR) is 164 cm³/mol. The molecule has 1 N–H and O–H groups in total. The Labute approximate surface area is 259 Å². The van der Waals surface area contributed by atoms with Gasteiger partial charge in [-0.3, -0.25) is 9.69 Å². The van der Waals surface area contributed by atoms with E-state index in [1.807, 2.05) is 54.6 Å². The van der Waals surface area contributed by atoms with Crippen molar-refractivity contribution in [3.05, 3.63) is 130 Å². The minimum atomic E-state index is -1.02. The van der Waals surface area contributed by atoms with Gasteiger partial charge in [-0.2, -0.15) is 0 Å². The van der Waals surface area contributed by atoms with Crippen LogP contribution in [0.2, 0.25) is 0 Å². The van der Waals surface area contributed by atoms with Gasteiger partial charge < -0.3 is 14.7 Å². The largest absolute Gasteiger partial charge is 0.478 e. The number of amides is 2. The van der Waals surface area contributed by atoms with Gasteiger partial charge in [0.1, 0.15) is 24.8 Å². The van der Waals surface area contributed by atoms with Gasteiger partial charge in [0, 0.05) is 36.6 Å². The standard InChI is InChI=1S/C36H32F2N2O5/c37-27-15-14-26(33(38)18-27)20-40(21-34(41)39-16-6-9-25(19-39)23-7-5-8-24(17-23)35(42)43)36(44)45-22-32-30-12-3-1-10-28(30)29-11-2-4-13-31(29)32/h1-5,7-8,10-15,17-18,25,32H,6,9,16,19-22H2,(H,42,43). The van der Waals surface area contributed by atoms with E-state index in [0.29, 0.717) is 19.5 Å². The van der Waals surface area contributed by atoms with E-state index >= 15 is 0 Å². The molecule has 7 nitrogen and oxygen atoms in total. The molecule has 0 radical (unpaired) electrons. The van der Waals surface area contributed by atoms with Crippen molar-refractivity contribution in [3.63, 3.8) is 0 Å². The van der Waals surface area contributed by atoms with Crippen LogP contribution in [0.1, 0.15) is 57.3 Å². The van der Waals surface area contributed by atoms with E-state index in [0.717, 1.165) is 51.3 Å². The number of carbonyl (C=O) groups is 3. The van der Waals surface area contributed by atoms with E-state index in [9.17, 15) is 28.3 Å². The fourth-order valence-electron chi connectivity index (χ4n) is 6.39. The molecule has 1 unspecified atom stereocenters. The Morgan fingerprint density at radius 1 is 0.889 bits per heavy atom. The predicted octanol–water partition coefficient (Wildman–Crippen LogP) is 6.82. The van der Waals surface area contributed by atoms with Gasteiger partial charge in [-0.15, -0.1) is 0 Å². The average molecular weight is 611 g/mol. The topological polar surface area (TPSA) is 87.2 Å². The molecule has 0 spiro atoms. The molecule has 1 aliphatic heterocycles. The number of carboxylic acid groups (broad SMARTS) is 1.